The Balaban J connectivity index is 1.80. The van der Waals surface area contributed by atoms with Gasteiger partial charge in [0.15, 0.2) is 0 Å². The van der Waals surface area contributed by atoms with Gasteiger partial charge >= 0.3 is 0 Å². The SMILES string of the molecule is O=C1c2cccnc2C(=O)N1CNc1cccc(Cl)c1Cl. The number of amides is 2. The summed E-state index contributed by atoms with van der Waals surface area (Å²) in [5.74, 6) is -0.810. The van der Waals surface area contributed by atoms with Crippen molar-refractivity contribution in [3.8, 4) is 0 Å². The zero-order chi connectivity index (χ0) is 15.0. The van der Waals surface area contributed by atoms with Crippen LogP contribution >= 0.6 is 23.2 Å². The van der Waals surface area contributed by atoms with Crippen LogP contribution in [0, 0.1) is 0 Å². The van der Waals surface area contributed by atoms with E-state index in [2.05, 4.69) is 10.3 Å². The molecule has 0 bridgehead atoms. The van der Waals surface area contributed by atoms with E-state index in [1.165, 1.54) is 6.20 Å². The molecule has 21 heavy (non-hydrogen) atoms. The smallest absolute Gasteiger partial charge is 0.281 e. The molecule has 1 N–H and O–H groups in total. The molecule has 2 heterocycles. The van der Waals surface area contributed by atoms with E-state index in [0.717, 1.165) is 4.90 Å². The monoisotopic (exact) mass is 321 g/mol. The maximum absolute atomic E-state index is 12.1. The fraction of sp³-hybridized carbons (Fsp3) is 0.0714. The molecule has 0 saturated heterocycles. The Labute approximate surface area is 130 Å². The third kappa shape index (κ3) is 2.34. The number of fused-ring (bicyclic) bond motifs is 1. The molecule has 2 aromatic rings. The zero-order valence-electron chi connectivity index (χ0n) is 10.6. The van der Waals surface area contributed by atoms with Crippen molar-refractivity contribution in [1.82, 2.24) is 9.88 Å². The van der Waals surface area contributed by atoms with Crippen LogP contribution in [-0.4, -0.2) is 28.4 Å². The van der Waals surface area contributed by atoms with Crippen molar-refractivity contribution < 1.29 is 9.59 Å². The van der Waals surface area contributed by atoms with E-state index in [9.17, 15) is 9.59 Å². The molecule has 1 aromatic heterocycles. The average Bonchev–Trinajstić information content (AvgIpc) is 2.73. The Morgan fingerprint density at radius 3 is 2.67 bits per heavy atom. The molecule has 0 aliphatic carbocycles. The number of carbonyl (C=O) groups is 2. The lowest BCUT2D eigenvalue weighted by atomic mass is 10.2. The number of hydrogen-bond acceptors (Lipinski definition) is 4. The molecule has 0 radical (unpaired) electrons. The number of anilines is 1. The Morgan fingerprint density at radius 2 is 1.90 bits per heavy atom. The lowest BCUT2D eigenvalue weighted by Crippen LogP contribution is -2.34. The van der Waals surface area contributed by atoms with Gasteiger partial charge in [0.1, 0.15) is 5.69 Å². The van der Waals surface area contributed by atoms with Crippen LogP contribution in [0.15, 0.2) is 36.5 Å². The largest absolute Gasteiger partial charge is 0.366 e. The number of hydrogen-bond donors (Lipinski definition) is 1. The van der Waals surface area contributed by atoms with E-state index in [4.69, 9.17) is 23.2 Å². The minimum Gasteiger partial charge on any atom is -0.366 e. The first-order valence-electron chi connectivity index (χ1n) is 6.08. The van der Waals surface area contributed by atoms with E-state index in [1.807, 2.05) is 0 Å². The minimum atomic E-state index is -0.429. The summed E-state index contributed by atoms with van der Waals surface area (Å²) in [6.07, 6.45) is 1.48. The van der Waals surface area contributed by atoms with E-state index >= 15 is 0 Å². The molecule has 1 aliphatic heterocycles. The lowest BCUT2D eigenvalue weighted by Gasteiger charge is -2.16. The highest BCUT2D eigenvalue weighted by atomic mass is 35.5. The summed E-state index contributed by atoms with van der Waals surface area (Å²) in [6, 6.07) is 8.29. The first-order valence-corrected chi connectivity index (χ1v) is 6.84. The zero-order valence-corrected chi connectivity index (χ0v) is 12.1. The molecule has 2 amide bonds. The van der Waals surface area contributed by atoms with Crippen molar-refractivity contribution in [3.05, 3.63) is 57.8 Å². The number of aromatic nitrogens is 1. The summed E-state index contributed by atoms with van der Waals surface area (Å²) >= 11 is 12.0. The summed E-state index contributed by atoms with van der Waals surface area (Å²) < 4.78 is 0. The van der Waals surface area contributed by atoms with Crippen molar-refractivity contribution >= 4 is 40.7 Å². The van der Waals surface area contributed by atoms with Crippen LogP contribution < -0.4 is 5.32 Å². The molecule has 5 nitrogen and oxygen atoms in total. The standard InChI is InChI=1S/C14H9Cl2N3O2/c15-9-4-1-5-10(11(9)16)18-7-19-13(20)8-3-2-6-17-12(8)14(19)21/h1-6,18H,7H2. The first kappa shape index (κ1) is 13.9. The number of halogens is 2. The van der Waals surface area contributed by atoms with Gasteiger partial charge in [-0.1, -0.05) is 29.3 Å². The normalized spacial score (nSPS) is 13.5. The molecule has 0 unspecified atom stereocenters. The topological polar surface area (TPSA) is 62.3 Å². The summed E-state index contributed by atoms with van der Waals surface area (Å²) in [4.78, 5) is 29.3. The fourth-order valence-electron chi connectivity index (χ4n) is 2.06. The van der Waals surface area contributed by atoms with Crippen molar-refractivity contribution in [2.24, 2.45) is 0 Å². The molecule has 0 atom stereocenters. The quantitative estimate of drug-likeness (QED) is 0.882. The number of carbonyl (C=O) groups excluding carboxylic acids is 2. The van der Waals surface area contributed by atoms with Crippen molar-refractivity contribution in [1.29, 1.82) is 0 Å². The van der Waals surface area contributed by atoms with Gasteiger partial charge in [0.2, 0.25) is 0 Å². The van der Waals surface area contributed by atoms with Crippen LogP contribution in [-0.2, 0) is 0 Å². The average molecular weight is 322 g/mol. The van der Waals surface area contributed by atoms with E-state index < -0.39 is 5.91 Å². The third-order valence-corrected chi connectivity index (χ3v) is 3.93. The highest BCUT2D eigenvalue weighted by Gasteiger charge is 2.36. The predicted octanol–water partition coefficient (Wildman–Crippen LogP) is 3.05. The van der Waals surface area contributed by atoms with Gasteiger partial charge in [-0.25, -0.2) is 0 Å². The Bertz CT molecular complexity index is 714. The second-order valence-corrected chi connectivity index (χ2v) is 5.16. The number of imide groups is 1. The molecule has 1 aliphatic rings. The molecule has 0 saturated carbocycles. The number of benzene rings is 1. The van der Waals surface area contributed by atoms with Crippen LogP contribution in [0.4, 0.5) is 5.69 Å². The number of pyridine rings is 1. The molecule has 3 rings (SSSR count). The number of nitrogens with zero attached hydrogens (tertiary/aromatic N) is 2. The van der Waals surface area contributed by atoms with Crippen molar-refractivity contribution in [2.45, 2.75) is 0 Å². The summed E-state index contributed by atoms with van der Waals surface area (Å²) in [6.45, 7) is -0.00586. The van der Waals surface area contributed by atoms with Crippen LogP contribution in [0.5, 0.6) is 0 Å². The minimum absolute atomic E-state index is 0.00586. The molecule has 106 valence electrons. The van der Waals surface area contributed by atoms with Crippen molar-refractivity contribution in [2.75, 3.05) is 12.0 Å². The van der Waals surface area contributed by atoms with Gasteiger partial charge in [-0.3, -0.25) is 19.5 Å². The third-order valence-electron chi connectivity index (χ3n) is 3.11. The van der Waals surface area contributed by atoms with Crippen molar-refractivity contribution in [3.63, 3.8) is 0 Å². The van der Waals surface area contributed by atoms with E-state index in [0.29, 0.717) is 21.3 Å². The van der Waals surface area contributed by atoms with Crippen LogP contribution in [0.2, 0.25) is 10.0 Å². The first-order chi connectivity index (χ1) is 10.1. The van der Waals surface area contributed by atoms with Gasteiger partial charge in [0.05, 0.1) is 28.0 Å². The maximum Gasteiger partial charge on any atom is 0.281 e. The highest BCUT2D eigenvalue weighted by molar-refractivity contribution is 6.43. The van der Waals surface area contributed by atoms with Gasteiger partial charge in [-0.05, 0) is 24.3 Å². The van der Waals surface area contributed by atoms with Crippen LogP contribution in [0.1, 0.15) is 20.8 Å². The van der Waals surface area contributed by atoms with Gasteiger partial charge in [0.25, 0.3) is 11.8 Å². The molecule has 7 heteroatoms. The second kappa shape index (κ2) is 5.35. The molecule has 1 aromatic carbocycles. The number of nitrogens with one attached hydrogen (secondary N) is 1. The predicted molar refractivity (Wildman–Crippen MR) is 79.7 cm³/mol. The molecule has 0 fully saturated rings. The Kier molecular flexibility index (Phi) is 3.53. The highest BCUT2D eigenvalue weighted by Crippen LogP contribution is 2.30. The maximum atomic E-state index is 12.1. The van der Waals surface area contributed by atoms with Gasteiger partial charge < -0.3 is 5.32 Å². The lowest BCUT2D eigenvalue weighted by molar-refractivity contribution is 0.0664. The summed E-state index contributed by atoms with van der Waals surface area (Å²) in [5.41, 5.74) is 1.02. The van der Waals surface area contributed by atoms with E-state index in [1.54, 1.807) is 30.3 Å². The van der Waals surface area contributed by atoms with Crippen LogP contribution in [0.3, 0.4) is 0 Å². The number of rotatable bonds is 3. The van der Waals surface area contributed by atoms with Gasteiger partial charge in [0, 0.05) is 6.20 Å². The summed E-state index contributed by atoms with van der Waals surface area (Å²) in [5, 5.41) is 3.67. The van der Waals surface area contributed by atoms with Gasteiger partial charge in [-0.2, -0.15) is 0 Å². The molecular formula is C14H9Cl2N3O2. The summed E-state index contributed by atoms with van der Waals surface area (Å²) in [7, 11) is 0. The molecular weight excluding hydrogens is 313 g/mol. The fourth-order valence-corrected chi connectivity index (χ4v) is 2.43. The second-order valence-electron chi connectivity index (χ2n) is 4.37. The van der Waals surface area contributed by atoms with E-state index in [-0.39, 0.29) is 18.3 Å². The Morgan fingerprint density at radius 1 is 1.10 bits per heavy atom. The van der Waals surface area contributed by atoms with Crippen LogP contribution in [0.25, 0.3) is 0 Å². The molecule has 0 spiro atoms. The Hall–Kier alpha value is -2.11. The van der Waals surface area contributed by atoms with Gasteiger partial charge in [-0.15, -0.1) is 0 Å².